The van der Waals surface area contributed by atoms with Crippen molar-refractivity contribution in [2.24, 2.45) is 0 Å². The minimum Gasteiger partial charge on any atom is -0.396 e. The number of carbonyl (C=O) groups is 1. The largest absolute Gasteiger partial charge is 0.396 e. The van der Waals surface area contributed by atoms with Crippen LogP contribution in [0.5, 0.6) is 0 Å². The summed E-state index contributed by atoms with van der Waals surface area (Å²) in [5.74, 6) is 0.0293. The zero-order valence-electron chi connectivity index (χ0n) is 10.1. The van der Waals surface area contributed by atoms with Crippen molar-refractivity contribution in [2.75, 3.05) is 26.7 Å². The molecule has 0 fully saturated rings. The van der Waals surface area contributed by atoms with Crippen LogP contribution in [-0.2, 0) is 4.79 Å². The van der Waals surface area contributed by atoms with Crippen molar-refractivity contribution in [1.82, 2.24) is 10.2 Å². The van der Waals surface area contributed by atoms with E-state index in [1.807, 2.05) is 0 Å². The van der Waals surface area contributed by atoms with Gasteiger partial charge in [-0.1, -0.05) is 6.92 Å². The summed E-state index contributed by atoms with van der Waals surface area (Å²) in [6, 6.07) is 0.555. The topological polar surface area (TPSA) is 52.6 Å². The van der Waals surface area contributed by atoms with E-state index in [2.05, 4.69) is 31.1 Å². The van der Waals surface area contributed by atoms with Crippen molar-refractivity contribution in [3.63, 3.8) is 0 Å². The van der Waals surface area contributed by atoms with Gasteiger partial charge in [0.2, 0.25) is 5.91 Å². The van der Waals surface area contributed by atoms with Gasteiger partial charge in [0.05, 0.1) is 0 Å². The highest BCUT2D eigenvalue weighted by Gasteiger charge is 2.06. The van der Waals surface area contributed by atoms with Gasteiger partial charge in [0.15, 0.2) is 0 Å². The highest BCUT2D eigenvalue weighted by molar-refractivity contribution is 5.75. The molecule has 4 heteroatoms. The van der Waals surface area contributed by atoms with E-state index in [0.29, 0.717) is 25.4 Å². The zero-order chi connectivity index (χ0) is 11.7. The van der Waals surface area contributed by atoms with E-state index in [1.165, 1.54) is 0 Å². The molecule has 4 nitrogen and oxygen atoms in total. The lowest BCUT2D eigenvalue weighted by Crippen LogP contribution is -2.37. The van der Waals surface area contributed by atoms with Crippen LogP contribution in [0.4, 0.5) is 0 Å². The zero-order valence-corrected chi connectivity index (χ0v) is 10.1. The molecule has 0 saturated carbocycles. The van der Waals surface area contributed by atoms with Crippen molar-refractivity contribution in [3.8, 4) is 0 Å². The molecule has 0 saturated heterocycles. The van der Waals surface area contributed by atoms with Crippen molar-refractivity contribution in [2.45, 2.75) is 39.2 Å². The van der Waals surface area contributed by atoms with E-state index in [0.717, 1.165) is 13.0 Å². The number of nitrogens with zero attached hydrogens (tertiary/aromatic N) is 1. The number of aliphatic hydroxyl groups excluding tert-OH is 1. The number of rotatable bonds is 8. The molecule has 0 aromatic carbocycles. The Morgan fingerprint density at radius 3 is 2.73 bits per heavy atom. The second-order valence-electron chi connectivity index (χ2n) is 3.91. The molecule has 0 bridgehead atoms. The Kier molecular flexibility index (Phi) is 8.33. The fourth-order valence-electron chi connectivity index (χ4n) is 1.23. The maximum atomic E-state index is 11.2. The second-order valence-corrected chi connectivity index (χ2v) is 3.91. The maximum absolute atomic E-state index is 11.2. The lowest BCUT2D eigenvalue weighted by molar-refractivity contribution is -0.121. The van der Waals surface area contributed by atoms with Crippen molar-refractivity contribution >= 4 is 5.91 Å². The van der Waals surface area contributed by atoms with E-state index in [-0.39, 0.29) is 12.5 Å². The average molecular weight is 216 g/mol. The van der Waals surface area contributed by atoms with Crippen molar-refractivity contribution in [3.05, 3.63) is 0 Å². The normalized spacial score (nSPS) is 12.9. The first-order chi connectivity index (χ1) is 7.11. The minimum absolute atomic E-state index is 0.0293. The van der Waals surface area contributed by atoms with Gasteiger partial charge in [0, 0.05) is 32.2 Å². The summed E-state index contributed by atoms with van der Waals surface area (Å²) in [6.45, 7) is 5.97. The van der Waals surface area contributed by atoms with E-state index in [9.17, 15) is 4.79 Å². The summed E-state index contributed by atoms with van der Waals surface area (Å²) in [5, 5.41) is 11.4. The molecule has 0 aliphatic carbocycles. The Bertz CT molecular complexity index is 174. The number of amides is 1. The third-order valence-corrected chi connectivity index (χ3v) is 2.69. The number of hydrogen-bond donors (Lipinski definition) is 2. The van der Waals surface area contributed by atoms with Gasteiger partial charge in [-0.25, -0.2) is 0 Å². The Morgan fingerprint density at radius 1 is 1.53 bits per heavy atom. The van der Waals surface area contributed by atoms with E-state index in [1.54, 1.807) is 0 Å². The third kappa shape index (κ3) is 7.33. The molecule has 90 valence electrons. The van der Waals surface area contributed by atoms with Crippen LogP contribution >= 0.6 is 0 Å². The third-order valence-electron chi connectivity index (χ3n) is 2.69. The quantitative estimate of drug-likeness (QED) is 0.625. The summed E-state index contributed by atoms with van der Waals surface area (Å²) in [5.41, 5.74) is 0. The van der Waals surface area contributed by atoms with Crippen LogP contribution in [-0.4, -0.2) is 48.7 Å². The van der Waals surface area contributed by atoms with Gasteiger partial charge in [-0.15, -0.1) is 0 Å². The fourth-order valence-corrected chi connectivity index (χ4v) is 1.23. The Morgan fingerprint density at radius 2 is 2.20 bits per heavy atom. The van der Waals surface area contributed by atoms with E-state index >= 15 is 0 Å². The summed E-state index contributed by atoms with van der Waals surface area (Å²) in [4.78, 5) is 13.4. The van der Waals surface area contributed by atoms with Gasteiger partial charge in [0.1, 0.15) is 0 Å². The molecule has 0 heterocycles. The number of hydrogen-bond acceptors (Lipinski definition) is 3. The van der Waals surface area contributed by atoms with Crippen LogP contribution in [0.25, 0.3) is 0 Å². The van der Waals surface area contributed by atoms with E-state index in [4.69, 9.17) is 5.11 Å². The maximum Gasteiger partial charge on any atom is 0.220 e. The van der Waals surface area contributed by atoms with Crippen LogP contribution in [0, 0.1) is 0 Å². The summed E-state index contributed by atoms with van der Waals surface area (Å²) < 4.78 is 0. The SMILES string of the molecule is CCC(C)N(C)CCNC(=O)CCCO. The standard InChI is InChI=1S/C11H24N2O2/c1-4-10(2)13(3)8-7-12-11(15)6-5-9-14/h10,14H,4-9H2,1-3H3,(H,12,15). The molecule has 0 spiro atoms. The minimum atomic E-state index is 0.0293. The molecule has 0 radical (unpaired) electrons. The smallest absolute Gasteiger partial charge is 0.220 e. The van der Waals surface area contributed by atoms with Gasteiger partial charge in [-0.05, 0) is 26.8 Å². The van der Waals surface area contributed by atoms with Gasteiger partial charge in [-0.2, -0.15) is 0 Å². The van der Waals surface area contributed by atoms with Crippen LogP contribution in [0.2, 0.25) is 0 Å². The average Bonchev–Trinajstić information content (AvgIpc) is 2.24. The first-order valence-electron chi connectivity index (χ1n) is 5.69. The summed E-state index contributed by atoms with van der Waals surface area (Å²) >= 11 is 0. The second kappa shape index (κ2) is 8.68. The summed E-state index contributed by atoms with van der Waals surface area (Å²) in [7, 11) is 2.06. The Hall–Kier alpha value is -0.610. The lowest BCUT2D eigenvalue weighted by atomic mass is 10.2. The van der Waals surface area contributed by atoms with Crippen LogP contribution in [0.15, 0.2) is 0 Å². The monoisotopic (exact) mass is 216 g/mol. The molecular weight excluding hydrogens is 192 g/mol. The predicted octanol–water partition coefficient (Wildman–Crippen LogP) is 0.605. The van der Waals surface area contributed by atoms with Crippen LogP contribution < -0.4 is 5.32 Å². The molecule has 1 atom stereocenters. The van der Waals surface area contributed by atoms with Gasteiger partial charge in [0.25, 0.3) is 0 Å². The lowest BCUT2D eigenvalue weighted by Gasteiger charge is -2.23. The van der Waals surface area contributed by atoms with Crippen molar-refractivity contribution < 1.29 is 9.90 Å². The molecule has 0 aromatic heterocycles. The van der Waals surface area contributed by atoms with Gasteiger partial charge < -0.3 is 15.3 Å². The highest BCUT2D eigenvalue weighted by atomic mass is 16.3. The molecule has 0 rings (SSSR count). The first-order valence-corrected chi connectivity index (χ1v) is 5.69. The number of carbonyl (C=O) groups excluding carboxylic acids is 1. The Labute approximate surface area is 92.7 Å². The van der Waals surface area contributed by atoms with Gasteiger partial charge >= 0.3 is 0 Å². The number of nitrogens with one attached hydrogen (secondary N) is 1. The van der Waals surface area contributed by atoms with Crippen LogP contribution in [0.3, 0.4) is 0 Å². The molecule has 0 aliphatic rings. The fraction of sp³-hybridized carbons (Fsp3) is 0.909. The molecule has 1 unspecified atom stereocenters. The van der Waals surface area contributed by atoms with Gasteiger partial charge in [-0.3, -0.25) is 4.79 Å². The summed E-state index contributed by atoms with van der Waals surface area (Å²) in [6.07, 6.45) is 2.09. The molecule has 0 aromatic rings. The van der Waals surface area contributed by atoms with E-state index < -0.39 is 0 Å². The molecular formula is C11H24N2O2. The highest BCUT2D eigenvalue weighted by Crippen LogP contribution is 1.98. The molecule has 2 N–H and O–H groups in total. The van der Waals surface area contributed by atoms with Crippen LogP contribution in [0.1, 0.15) is 33.1 Å². The number of likely N-dealkylation sites (N-methyl/N-ethyl adjacent to an activating group) is 1. The first kappa shape index (κ1) is 14.4. The molecule has 15 heavy (non-hydrogen) atoms. The molecule has 1 amide bonds. The molecule has 0 aliphatic heterocycles. The predicted molar refractivity (Wildman–Crippen MR) is 61.7 cm³/mol. The van der Waals surface area contributed by atoms with Crippen molar-refractivity contribution in [1.29, 1.82) is 0 Å². The number of aliphatic hydroxyl groups is 1. The Balaban J connectivity index is 3.48.